The first kappa shape index (κ1) is 29.7. The summed E-state index contributed by atoms with van der Waals surface area (Å²) in [4.78, 5) is 53.2. The first-order valence-electron chi connectivity index (χ1n) is 14.1. The molecule has 1 saturated heterocycles. The smallest absolute Gasteiger partial charge is 0.311 e. The predicted octanol–water partition coefficient (Wildman–Crippen LogP) is 4.33. The molecular weight excluding hydrogens is 520 g/mol. The lowest BCUT2D eigenvalue weighted by Crippen LogP contribution is -2.53. The average Bonchev–Trinajstić information content (AvgIpc) is 3.41. The van der Waals surface area contributed by atoms with Gasteiger partial charge in [0.2, 0.25) is 5.91 Å². The van der Waals surface area contributed by atoms with Gasteiger partial charge in [-0.15, -0.1) is 0 Å². The van der Waals surface area contributed by atoms with Crippen molar-refractivity contribution < 1.29 is 19.5 Å². The minimum absolute atomic E-state index is 0.242. The molecule has 1 fully saturated rings. The van der Waals surface area contributed by atoms with E-state index < -0.39 is 23.3 Å². The molecule has 1 aromatic heterocycles. The van der Waals surface area contributed by atoms with Gasteiger partial charge in [-0.3, -0.25) is 19.2 Å². The average molecular weight is 559 g/mol. The van der Waals surface area contributed by atoms with Crippen LogP contribution >= 0.6 is 0 Å². The van der Waals surface area contributed by atoms with Crippen molar-refractivity contribution in [1.82, 2.24) is 20.4 Å². The molecule has 3 aromatic rings. The van der Waals surface area contributed by atoms with E-state index in [1.54, 1.807) is 30.0 Å². The van der Waals surface area contributed by atoms with Gasteiger partial charge in [0.25, 0.3) is 11.5 Å². The van der Waals surface area contributed by atoms with E-state index in [0.29, 0.717) is 48.9 Å². The fourth-order valence-corrected chi connectivity index (χ4v) is 6.15. The number of hydrogen-bond donors (Lipinski definition) is 3. The van der Waals surface area contributed by atoms with Crippen molar-refractivity contribution >= 4 is 17.8 Å². The van der Waals surface area contributed by atoms with Gasteiger partial charge in [0.1, 0.15) is 0 Å². The van der Waals surface area contributed by atoms with Gasteiger partial charge in [0, 0.05) is 23.6 Å². The highest BCUT2D eigenvalue weighted by atomic mass is 16.4. The van der Waals surface area contributed by atoms with Gasteiger partial charge in [-0.25, -0.2) is 5.10 Å². The first-order valence-corrected chi connectivity index (χ1v) is 14.1. The highest BCUT2D eigenvalue weighted by molar-refractivity contribution is 5.97. The molecule has 1 aliphatic rings. The summed E-state index contributed by atoms with van der Waals surface area (Å²) >= 11 is 0. The number of hydrogen-bond acceptors (Lipinski definition) is 5. The summed E-state index contributed by atoms with van der Waals surface area (Å²) in [5, 5.41) is 19.4. The molecule has 4 rings (SSSR count). The second kappa shape index (κ2) is 12.5. The molecule has 0 aliphatic carbocycles. The Balaban J connectivity index is 1.52. The Bertz CT molecular complexity index is 1480. The predicted molar refractivity (Wildman–Crippen MR) is 156 cm³/mol. The van der Waals surface area contributed by atoms with Crippen molar-refractivity contribution in [2.75, 3.05) is 6.54 Å². The largest absolute Gasteiger partial charge is 0.481 e. The van der Waals surface area contributed by atoms with Gasteiger partial charge >= 0.3 is 5.97 Å². The number of amides is 2. The lowest BCUT2D eigenvalue weighted by molar-refractivity contribution is -0.156. The Hall–Kier alpha value is -4.27. The number of aliphatic carboxylic acids is 1. The summed E-state index contributed by atoms with van der Waals surface area (Å²) in [6, 6.07) is 15.9. The summed E-state index contributed by atoms with van der Waals surface area (Å²) in [6.45, 7) is 7.15. The van der Waals surface area contributed by atoms with E-state index in [-0.39, 0.29) is 24.1 Å². The Morgan fingerprint density at radius 1 is 1.02 bits per heavy atom. The minimum Gasteiger partial charge on any atom is -0.481 e. The summed E-state index contributed by atoms with van der Waals surface area (Å²) in [6.07, 6.45) is 2.44. The molecule has 0 spiro atoms. The molecule has 9 heteroatoms. The van der Waals surface area contributed by atoms with E-state index in [1.807, 2.05) is 57.2 Å². The zero-order valence-corrected chi connectivity index (χ0v) is 24.1. The number of carboxylic acid groups (broad SMARTS) is 1. The van der Waals surface area contributed by atoms with Crippen LogP contribution in [-0.2, 0) is 16.0 Å². The molecular formula is C32H38N4O5. The molecule has 0 unspecified atom stereocenters. The molecule has 2 aromatic carbocycles. The number of benzene rings is 2. The van der Waals surface area contributed by atoms with Gasteiger partial charge in [-0.05, 0) is 74.4 Å². The molecule has 0 bridgehead atoms. The molecule has 41 heavy (non-hydrogen) atoms. The van der Waals surface area contributed by atoms with E-state index >= 15 is 0 Å². The maximum atomic E-state index is 13.7. The number of likely N-dealkylation sites (tertiary alicyclic amines) is 1. The maximum Gasteiger partial charge on any atom is 0.311 e. The van der Waals surface area contributed by atoms with Crippen molar-refractivity contribution in [1.29, 1.82) is 0 Å². The number of aromatic nitrogens is 2. The van der Waals surface area contributed by atoms with Crippen molar-refractivity contribution in [2.45, 2.75) is 71.9 Å². The summed E-state index contributed by atoms with van der Waals surface area (Å²) in [5.41, 5.74) is 3.10. The number of carbonyl (C=O) groups is 3. The summed E-state index contributed by atoms with van der Waals surface area (Å²) in [5.74, 6) is -1.60. The number of rotatable bonds is 10. The molecule has 2 atom stereocenters. The topological polar surface area (TPSA) is 132 Å². The van der Waals surface area contributed by atoms with Crippen LogP contribution in [0.15, 0.2) is 59.4 Å². The SMILES string of the molecule is CCC(CC)(C(=O)O)[C@H]1CC[C@@H](c2ccccc2)N1C(=O)CNC(=O)c1ccc(Cc2cc(C)n[nH]c2=O)c(C)c1. The van der Waals surface area contributed by atoms with Crippen LogP contribution in [-0.4, -0.2) is 50.6 Å². The highest BCUT2D eigenvalue weighted by Gasteiger charge is 2.52. The summed E-state index contributed by atoms with van der Waals surface area (Å²) in [7, 11) is 0. The van der Waals surface area contributed by atoms with Crippen LogP contribution in [0.4, 0.5) is 0 Å². The van der Waals surface area contributed by atoms with Crippen LogP contribution < -0.4 is 10.9 Å². The second-order valence-corrected chi connectivity index (χ2v) is 10.9. The maximum absolute atomic E-state index is 13.7. The van der Waals surface area contributed by atoms with Crippen molar-refractivity contribution in [2.24, 2.45) is 5.41 Å². The minimum atomic E-state index is -1.06. The Morgan fingerprint density at radius 2 is 1.73 bits per heavy atom. The zero-order valence-electron chi connectivity index (χ0n) is 24.1. The highest BCUT2D eigenvalue weighted by Crippen LogP contribution is 2.46. The quantitative estimate of drug-likeness (QED) is 0.339. The van der Waals surface area contributed by atoms with Crippen LogP contribution in [0.25, 0.3) is 0 Å². The van der Waals surface area contributed by atoms with E-state index in [9.17, 15) is 24.3 Å². The third-order valence-electron chi connectivity index (χ3n) is 8.58. The fraction of sp³-hybridized carbons (Fsp3) is 0.406. The van der Waals surface area contributed by atoms with Gasteiger partial charge in [-0.2, -0.15) is 5.10 Å². The van der Waals surface area contributed by atoms with Crippen molar-refractivity contribution in [3.05, 3.63) is 98.5 Å². The molecule has 0 radical (unpaired) electrons. The number of carboxylic acids is 1. The van der Waals surface area contributed by atoms with Crippen LogP contribution in [0.2, 0.25) is 0 Å². The summed E-state index contributed by atoms with van der Waals surface area (Å²) < 4.78 is 0. The van der Waals surface area contributed by atoms with Crippen LogP contribution in [0.3, 0.4) is 0 Å². The number of aryl methyl sites for hydroxylation is 2. The zero-order chi connectivity index (χ0) is 29.7. The van der Waals surface area contributed by atoms with E-state index in [0.717, 1.165) is 16.7 Å². The number of H-pyrrole nitrogens is 1. The van der Waals surface area contributed by atoms with Crippen molar-refractivity contribution in [3.8, 4) is 0 Å². The lowest BCUT2D eigenvalue weighted by atomic mass is 9.74. The number of nitrogens with one attached hydrogen (secondary N) is 2. The van der Waals surface area contributed by atoms with Crippen LogP contribution in [0.5, 0.6) is 0 Å². The third-order valence-corrected chi connectivity index (χ3v) is 8.58. The fourth-order valence-electron chi connectivity index (χ4n) is 6.15. The molecule has 0 saturated carbocycles. The number of nitrogens with zero attached hydrogens (tertiary/aromatic N) is 2. The molecule has 216 valence electrons. The number of aromatic amines is 1. The van der Waals surface area contributed by atoms with E-state index in [4.69, 9.17) is 0 Å². The Kier molecular flexibility index (Phi) is 9.05. The molecule has 2 heterocycles. The van der Waals surface area contributed by atoms with Crippen LogP contribution in [0, 0.1) is 19.3 Å². The number of carbonyl (C=O) groups excluding carboxylic acids is 2. The normalized spacial score (nSPS) is 16.9. The molecule has 1 aliphatic heterocycles. The molecule has 3 N–H and O–H groups in total. The van der Waals surface area contributed by atoms with Gasteiger partial charge in [0.05, 0.1) is 23.7 Å². The van der Waals surface area contributed by atoms with Gasteiger partial charge < -0.3 is 15.3 Å². The van der Waals surface area contributed by atoms with Gasteiger partial charge in [-0.1, -0.05) is 50.2 Å². The molecule has 2 amide bonds. The Labute approximate surface area is 240 Å². The third kappa shape index (κ3) is 6.09. The standard InChI is InChI=1S/C32H38N4O5/c1-5-32(6-2,31(40)41)27-15-14-26(22-10-8-7-9-11-22)36(27)28(37)19-33-29(38)24-13-12-23(20(3)16-24)18-25-17-21(4)34-35-30(25)39/h7-13,16-17,26-27H,5-6,14-15,18-19H2,1-4H3,(H,33,38)(H,35,39)(H,40,41)/t26-,27+/m0/s1. The van der Waals surface area contributed by atoms with E-state index in [2.05, 4.69) is 15.5 Å². The van der Waals surface area contributed by atoms with Crippen LogP contribution in [0.1, 0.15) is 83.9 Å². The van der Waals surface area contributed by atoms with E-state index in [1.165, 1.54) is 0 Å². The first-order chi connectivity index (χ1) is 19.6. The van der Waals surface area contributed by atoms with Gasteiger partial charge in [0.15, 0.2) is 0 Å². The monoisotopic (exact) mass is 558 g/mol. The second-order valence-electron chi connectivity index (χ2n) is 10.9. The lowest BCUT2D eigenvalue weighted by Gasteiger charge is -2.41. The Morgan fingerprint density at radius 3 is 2.37 bits per heavy atom. The van der Waals surface area contributed by atoms with Crippen molar-refractivity contribution in [3.63, 3.8) is 0 Å². The molecule has 9 nitrogen and oxygen atoms in total.